The van der Waals surface area contributed by atoms with Gasteiger partial charge in [0, 0.05) is 41.0 Å². The first-order valence-electron chi connectivity index (χ1n) is 11.3. The Morgan fingerprint density at radius 1 is 1.00 bits per heavy atom. The smallest absolute Gasteiger partial charge is 0.321 e. The minimum Gasteiger partial charge on any atom is -0.324 e. The highest BCUT2D eigenvalue weighted by Gasteiger charge is 2.25. The van der Waals surface area contributed by atoms with Crippen molar-refractivity contribution in [1.82, 2.24) is 4.90 Å². The van der Waals surface area contributed by atoms with E-state index in [4.69, 9.17) is 11.6 Å². The molecule has 33 heavy (non-hydrogen) atoms. The number of para-hydroxylation sites is 1. The molecule has 0 spiro atoms. The van der Waals surface area contributed by atoms with E-state index in [-0.39, 0.29) is 17.9 Å². The molecule has 3 aromatic rings. The number of halogens is 1. The average Bonchev–Trinajstić information content (AvgIpc) is 2.86. The van der Waals surface area contributed by atoms with Gasteiger partial charge in [0.25, 0.3) is 5.91 Å². The quantitative estimate of drug-likeness (QED) is 0.451. The predicted molar refractivity (Wildman–Crippen MR) is 134 cm³/mol. The third kappa shape index (κ3) is 5.74. The van der Waals surface area contributed by atoms with Crippen LogP contribution in [0.15, 0.2) is 72.8 Å². The van der Waals surface area contributed by atoms with Crippen molar-refractivity contribution in [2.24, 2.45) is 0 Å². The van der Waals surface area contributed by atoms with E-state index < -0.39 is 0 Å². The van der Waals surface area contributed by atoms with Gasteiger partial charge in [-0.15, -0.1) is 0 Å². The van der Waals surface area contributed by atoms with Crippen molar-refractivity contribution in [2.75, 3.05) is 23.7 Å². The van der Waals surface area contributed by atoms with E-state index in [1.54, 1.807) is 24.3 Å². The number of urea groups is 1. The molecule has 1 atom stereocenters. The number of likely N-dealkylation sites (tertiary alicyclic amines) is 1. The van der Waals surface area contributed by atoms with Crippen LogP contribution in [-0.4, -0.2) is 29.9 Å². The number of hydrogen-bond donors (Lipinski definition) is 2. The zero-order valence-corrected chi connectivity index (χ0v) is 19.4. The van der Waals surface area contributed by atoms with E-state index in [9.17, 15) is 9.59 Å². The Labute approximate surface area is 199 Å². The largest absolute Gasteiger partial charge is 0.324 e. The first kappa shape index (κ1) is 22.9. The number of piperidine rings is 1. The van der Waals surface area contributed by atoms with Crippen molar-refractivity contribution in [3.05, 3.63) is 94.5 Å². The highest BCUT2D eigenvalue weighted by atomic mass is 35.5. The van der Waals surface area contributed by atoms with Crippen LogP contribution in [0.1, 0.15) is 47.2 Å². The molecule has 2 N–H and O–H groups in total. The summed E-state index contributed by atoms with van der Waals surface area (Å²) in [4.78, 5) is 27.5. The molecule has 6 heteroatoms. The van der Waals surface area contributed by atoms with Gasteiger partial charge in [-0.2, -0.15) is 0 Å². The Morgan fingerprint density at radius 3 is 2.58 bits per heavy atom. The van der Waals surface area contributed by atoms with Gasteiger partial charge in [0.2, 0.25) is 0 Å². The van der Waals surface area contributed by atoms with Crippen molar-refractivity contribution in [2.45, 2.75) is 32.1 Å². The fourth-order valence-corrected chi connectivity index (χ4v) is 4.37. The molecule has 170 valence electrons. The summed E-state index contributed by atoms with van der Waals surface area (Å²) in [7, 11) is 0. The van der Waals surface area contributed by atoms with Crippen molar-refractivity contribution >= 4 is 34.9 Å². The van der Waals surface area contributed by atoms with Gasteiger partial charge in [-0.25, -0.2) is 4.79 Å². The highest BCUT2D eigenvalue weighted by molar-refractivity contribution is 6.30. The van der Waals surface area contributed by atoms with Crippen LogP contribution in [-0.2, 0) is 6.42 Å². The summed E-state index contributed by atoms with van der Waals surface area (Å²) < 4.78 is 0. The molecule has 3 amide bonds. The molecule has 3 aromatic carbocycles. The minimum absolute atomic E-state index is 0.118. The number of amides is 3. The summed E-state index contributed by atoms with van der Waals surface area (Å²) in [6.45, 7) is 3.40. The SMILES string of the molecule is CCc1ccccc1NC(=O)c1cccc([C@H]2CCCN(C(=O)Nc3ccc(Cl)cc3)C2)c1. The van der Waals surface area contributed by atoms with Crippen LogP contribution >= 0.6 is 11.6 Å². The van der Waals surface area contributed by atoms with Crippen LogP contribution in [0.5, 0.6) is 0 Å². The molecule has 1 aliphatic heterocycles. The van der Waals surface area contributed by atoms with Crippen LogP contribution < -0.4 is 10.6 Å². The van der Waals surface area contributed by atoms with Gasteiger partial charge in [0.1, 0.15) is 0 Å². The molecule has 0 aliphatic carbocycles. The summed E-state index contributed by atoms with van der Waals surface area (Å²) >= 11 is 5.93. The van der Waals surface area contributed by atoms with E-state index in [2.05, 4.69) is 17.6 Å². The molecule has 0 radical (unpaired) electrons. The number of nitrogens with one attached hydrogen (secondary N) is 2. The second-order valence-corrected chi connectivity index (χ2v) is 8.75. The third-order valence-corrected chi connectivity index (χ3v) is 6.32. The Hall–Kier alpha value is -3.31. The van der Waals surface area contributed by atoms with Crippen molar-refractivity contribution in [1.29, 1.82) is 0 Å². The predicted octanol–water partition coefficient (Wildman–Crippen LogP) is 6.57. The molecule has 4 rings (SSSR count). The molecule has 0 bridgehead atoms. The van der Waals surface area contributed by atoms with Crippen LogP contribution in [0.25, 0.3) is 0 Å². The Kier molecular flexibility index (Phi) is 7.30. The van der Waals surface area contributed by atoms with Gasteiger partial charge in [-0.05, 0) is 72.9 Å². The lowest BCUT2D eigenvalue weighted by molar-refractivity contribution is 0.102. The number of anilines is 2. The van der Waals surface area contributed by atoms with Crippen molar-refractivity contribution in [3.8, 4) is 0 Å². The monoisotopic (exact) mass is 461 g/mol. The summed E-state index contributed by atoms with van der Waals surface area (Å²) in [5.74, 6) is 0.0660. The van der Waals surface area contributed by atoms with Crippen LogP contribution in [0.2, 0.25) is 5.02 Å². The van der Waals surface area contributed by atoms with E-state index in [1.807, 2.05) is 53.4 Å². The van der Waals surface area contributed by atoms with E-state index >= 15 is 0 Å². The number of rotatable bonds is 5. The average molecular weight is 462 g/mol. The van der Waals surface area contributed by atoms with E-state index in [0.29, 0.717) is 23.7 Å². The lowest BCUT2D eigenvalue weighted by Gasteiger charge is -2.33. The molecule has 0 aromatic heterocycles. The highest BCUT2D eigenvalue weighted by Crippen LogP contribution is 2.28. The summed E-state index contributed by atoms with van der Waals surface area (Å²) in [5.41, 5.74) is 4.38. The van der Waals surface area contributed by atoms with Crippen LogP contribution in [0.3, 0.4) is 0 Å². The Balaban J connectivity index is 1.43. The van der Waals surface area contributed by atoms with E-state index in [1.165, 1.54) is 0 Å². The van der Waals surface area contributed by atoms with Gasteiger partial charge in [-0.3, -0.25) is 4.79 Å². The number of carbonyl (C=O) groups excluding carboxylic acids is 2. The lowest BCUT2D eigenvalue weighted by atomic mass is 9.89. The van der Waals surface area contributed by atoms with Gasteiger partial charge in [0.05, 0.1) is 0 Å². The fraction of sp³-hybridized carbons (Fsp3) is 0.259. The van der Waals surface area contributed by atoms with Gasteiger partial charge >= 0.3 is 6.03 Å². The van der Waals surface area contributed by atoms with Crippen molar-refractivity contribution < 1.29 is 9.59 Å². The molecule has 0 saturated carbocycles. The number of aryl methyl sites for hydroxylation is 1. The maximum absolute atomic E-state index is 12.9. The van der Waals surface area contributed by atoms with Crippen molar-refractivity contribution in [3.63, 3.8) is 0 Å². The normalized spacial score (nSPS) is 15.7. The molecular weight excluding hydrogens is 434 g/mol. The van der Waals surface area contributed by atoms with Gasteiger partial charge < -0.3 is 15.5 Å². The lowest BCUT2D eigenvalue weighted by Crippen LogP contribution is -2.41. The molecule has 0 unspecified atom stereocenters. The summed E-state index contributed by atoms with van der Waals surface area (Å²) in [5, 5.41) is 6.62. The number of carbonyl (C=O) groups is 2. The zero-order valence-electron chi connectivity index (χ0n) is 18.7. The first-order valence-corrected chi connectivity index (χ1v) is 11.7. The minimum atomic E-state index is -0.120. The second-order valence-electron chi connectivity index (χ2n) is 8.31. The first-order chi connectivity index (χ1) is 16.0. The molecule has 5 nitrogen and oxygen atoms in total. The Bertz CT molecular complexity index is 1130. The topological polar surface area (TPSA) is 61.4 Å². The molecular formula is C27H28ClN3O2. The molecule has 1 fully saturated rings. The molecule has 1 aliphatic rings. The summed E-state index contributed by atoms with van der Waals surface area (Å²) in [6.07, 6.45) is 2.75. The number of benzene rings is 3. The van der Waals surface area contributed by atoms with Gasteiger partial charge in [-0.1, -0.05) is 48.9 Å². The number of hydrogen-bond acceptors (Lipinski definition) is 2. The maximum Gasteiger partial charge on any atom is 0.321 e. The van der Waals surface area contributed by atoms with Crippen LogP contribution in [0, 0.1) is 0 Å². The van der Waals surface area contributed by atoms with E-state index in [0.717, 1.165) is 41.8 Å². The third-order valence-electron chi connectivity index (χ3n) is 6.07. The zero-order chi connectivity index (χ0) is 23.2. The molecule has 1 saturated heterocycles. The van der Waals surface area contributed by atoms with Crippen LogP contribution in [0.4, 0.5) is 16.2 Å². The Morgan fingerprint density at radius 2 is 1.79 bits per heavy atom. The standard InChI is InChI=1S/C27H28ClN3O2/c1-2-19-7-3-4-11-25(19)30-26(32)21-9-5-8-20(17-21)22-10-6-16-31(18-22)27(33)29-24-14-12-23(28)13-15-24/h3-5,7-9,11-15,17,22H,2,6,10,16,18H2,1H3,(H,29,33)(H,30,32)/t22-/m0/s1. The maximum atomic E-state index is 12.9. The molecule has 1 heterocycles. The summed E-state index contributed by atoms with van der Waals surface area (Å²) in [6, 6.07) is 22.6. The number of nitrogens with zero attached hydrogens (tertiary/aromatic N) is 1. The van der Waals surface area contributed by atoms with Gasteiger partial charge in [0.15, 0.2) is 0 Å². The second kappa shape index (κ2) is 10.5. The fourth-order valence-electron chi connectivity index (χ4n) is 4.25.